The number of ether oxygens (including phenoxy) is 1. The number of likely N-dealkylation sites (N-methyl/N-ethyl adjacent to an activating group) is 1. The molecular formula is C69H115N2O7P. The number of amides is 1. The molecule has 79 heavy (non-hydrogen) atoms. The first-order chi connectivity index (χ1) is 38.4. The predicted octanol–water partition coefficient (Wildman–Crippen LogP) is 18.8. The average molecular weight is 1120 g/mol. The van der Waals surface area contributed by atoms with E-state index in [1.165, 1.54) is 51.4 Å². The molecule has 9 nitrogen and oxygen atoms in total. The molecule has 1 amide bonds. The Bertz CT molecular complexity index is 1860. The molecule has 1 N–H and O–H groups in total. The number of nitrogens with one attached hydrogen (secondary N) is 1. The maximum Gasteiger partial charge on any atom is 0.306 e. The molecule has 0 aromatic heterocycles. The molecule has 3 unspecified atom stereocenters. The van der Waals surface area contributed by atoms with Crippen molar-refractivity contribution in [2.24, 2.45) is 0 Å². The van der Waals surface area contributed by atoms with Crippen LogP contribution in [0.1, 0.15) is 226 Å². The fourth-order valence-corrected chi connectivity index (χ4v) is 8.76. The molecule has 0 saturated heterocycles. The molecular weight excluding hydrogens is 1000 g/mol. The second kappa shape index (κ2) is 57.1. The number of unbranched alkanes of at least 4 members (excludes halogenated alkanes) is 16. The van der Waals surface area contributed by atoms with Crippen LogP contribution < -0.4 is 10.2 Å². The highest BCUT2D eigenvalue weighted by Crippen LogP contribution is 2.38. The monoisotopic (exact) mass is 1110 g/mol. The van der Waals surface area contributed by atoms with Crippen LogP contribution in [0.15, 0.2) is 146 Å². The summed E-state index contributed by atoms with van der Waals surface area (Å²) in [4.78, 5) is 39.9. The van der Waals surface area contributed by atoms with Gasteiger partial charge in [-0.15, -0.1) is 0 Å². The normalized spacial score (nSPS) is 14.7. The Morgan fingerprint density at radius 2 is 0.823 bits per heavy atom. The summed E-state index contributed by atoms with van der Waals surface area (Å²) in [6.07, 6.45) is 82.6. The summed E-state index contributed by atoms with van der Waals surface area (Å²) in [6, 6.07) is -0.945. The Labute approximate surface area is 485 Å². The maximum atomic E-state index is 13.5. The fraction of sp³-hybridized carbons (Fsp3) is 0.623. The molecule has 0 aromatic rings. The summed E-state index contributed by atoms with van der Waals surface area (Å²) < 4.78 is 30.2. The number of quaternary nitrogens is 1. The third kappa shape index (κ3) is 58.4. The van der Waals surface area contributed by atoms with Crippen molar-refractivity contribution in [3.63, 3.8) is 0 Å². The van der Waals surface area contributed by atoms with Gasteiger partial charge in [-0.1, -0.05) is 244 Å². The van der Waals surface area contributed by atoms with Crippen LogP contribution >= 0.6 is 7.82 Å². The number of phosphoric ester groups is 1. The van der Waals surface area contributed by atoms with E-state index in [1.54, 1.807) is 6.08 Å². The topological polar surface area (TPSA) is 114 Å². The van der Waals surface area contributed by atoms with Gasteiger partial charge in [0.05, 0.1) is 33.8 Å². The fourth-order valence-electron chi connectivity index (χ4n) is 8.04. The third-order valence-electron chi connectivity index (χ3n) is 12.8. The van der Waals surface area contributed by atoms with Crippen molar-refractivity contribution in [3.05, 3.63) is 146 Å². The molecule has 0 fully saturated rings. The minimum absolute atomic E-state index is 0.0464. The average Bonchev–Trinajstić information content (AvgIpc) is 3.41. The highest BCUT2D eigenvalue weighted by Gasteiger charge is 2.27. The van der Waals surface area contributed by atoms with E-state index in [0.717, 1.165) is 128 Å². The van der Waals surface area contributed by atoms with Crippen molar-refractivity contribution in [1.82, 2.24) is 5.32 Å². The molecule has 0 heterocycles. The van der Waals surface area contributed by atoms with Crippen LogP contribution in [0.2, 0.25) is 0 Å². The van der Waals surface area contributed by atoms with E-state index < -0.39 is 26.6 Å². The molecule has 3 atom stereocenters. The molecule has 448 valence electrons. The molecule has 0 aliphatic heterocycles. The number of allylic oxidation sites excluding steroid dienone is 23. The van der Waals surface area contributed by atoms with Gasteiger partial charge in [0, 0.05) is 12.8 Å². The van der Waals surface area contributed by atoms with Crippen molar-refractivity contribution < 1.29 is 37.3 Å². The van der Waals surface area contributed by atoms with E-state index >= 15 is 0 Å². The maximum absolute atomic E-state index is 13.5. The Hall–Kier alpha value is -4.11. The first-order valence-electron chi connectivity index (χ1n) is 31.1. The van der Waals surface area contributed by atoms with Crippen molar-refractivity contribution in [3.8, 4) is 0 Å². The summed E-state index contributed by atoms with van der Waals surface area (Å²) in [5.74, 6) is -0.667. The highest BCUT2D eigenvalue weighted by molar-refractivity contribution is 7.45. The molecule has 10 heteroatoms. The number of carbonyl (C=O) groups is 2. The van der Waals surface area contributed by atoms with Crippen molar-refractivity contribution in [1.29, 1.82) is 0 Å². The zero-order chi connectivity index (χ0) is 57.9. The van der Waals surface area contributed by atoms with Gasteiger partial charge in [0.25, 0.3) is 7.82 Å². The SMILES string of the molecule is CC/C=C\C/C=C\C/C=C\C/C=C\C/C=C\C/C=C\CCCCCCCCC(=O)OC(/C=C\CCCCCCCCCCCC)C(COP(=O)([O-])OCC[N+](C)(C)C)NC(=O)CC/C=C/C/C=C/C/C=C/C/C=C/C/C=C/CC. The molecule has 0 aliphatic carbocycles. The number of esters is 1. The van der Waals surface area contributed by atoms with Crippen molar-refractivity contribution in [2.75, 3.05) is 40.9 Å². The Morgan fingerprint density at radius 3 is 1.24 bits per heavy atom. The number of rotatable bonds is 54. The molecule has 0 spiro atoms. The van der Waals surface area contributed by atoms with Gasteiger partial charge in [-0.05, 0) is 115 Å². The number of carbonyl (C=O) groups excluding carboxylic acids is 2. The zero-order valence-corrected chi connectivity index (χ0v) is 51.9. The second-order valence-corrected chi connectivity index (χ2v) is 22.9. The molecule has 0 aliphatic rings. The Kier molecular flexibility index (Phi) is 54.2. The van der Waals surface area contributed by atoms with E-state index in [1.807, 2.05) is 39.4 Å². The van der Waals surface area contributed by atoms with Gasteiger partial charge < -0.3 is 28.5 Å². The van der Waals surface area contributed by atoms with Gasteiger partial charge in [0.1, 0.15) is 19.3 Å². The van der Waals surface area contributed by atoms with Crippen LogP contribution in [0.25, 0.3) is 0 Å². The number of phosphoric acid groups is 1. The van der Waals surface area contributed by atoms with Gasteiger partial charge in [-0.25, -0.2) is 0 Å². The molecule has 0 aromatic carbocycles. The summed E-state index contributed by atoms with van der Waals surface area (Å²) in [7, 11) is 1.11. The minimum Gasteiger partial charge on any atom is -0.756 e. The van der Waals surface area contributed by atoms with E-state index in [2.05, 4.69) is 148 Å². The van der Waals surface area contributed by atoms with Crippen LogP contribution in [0, 0.1) is 0 Å². The number of nitrogens with zero attached hydrogens (tertiary/aromatic N) is 1. The van der Waals surface area contributed by atoms with E-state index in [0.29, 0.717) is 23.9 Å². The Balaban J connectivity index is 5.33. The van der Waals surface area contributed by atoms with Gasteiger partial charge in [-0.2, -0.15) is 0 Å². The predicted molar refractivity (Wildman–Crippen MR) is 339 cm³/mol. The van der Waals surface area contributed by atoms with E-state index in [9.17, 15) is 19.0 Å². The Morgan fingerprint density at radius 1 is 0.456 bits per heavy atom. The highest BCUT2D eigenvalue weighted by atomic mass is 31.2. The zero-order valence-electron chi connectivity index (χ0n) is 51.0. The lowest BCUT2D eigenvalue weighted by Gasteiger charge is -2.30. The lowest BCUT2D eigenvalue weighted by molar-refractivity contribution is -0.870. The first kappa shape index (κ1) is 74.9. The van der Waals surface area contributed by atoms with E-state index in [4.69, 9.17) is 13.8 Å². The van der Waals surface area contributed by atoms with Crippen LogP contribution in [-0.2, 0) is 27.9 Å². The summed E-state index contributed by atoms with van der Waals surface area (Å²) >= 11 is 0. The summed E-state index contributed by atoms with van der Waals surface area (Å²) in [5, 5.41) is 2.97. The quantitative estimate of drug-likeness (QED) is 0.0212. The standard InChI is InChI=1S/C69H115N2O7P/c1-7-10-13-16-19-22-25-28-30-32-33-34-35-36-37-38-39-40-42-44-47-50-53-56-59-62-69(73)78-67(60-57-54-51-48-45-27-24-21-18-15-12-9-3)66(65-77-79(74,75)76-64-63-71(4,5)6)70-68(72)61-58-55-52-49-46-43-41-31-29-26-23-20-17-14-11-8-2/h10-11,13-14,19-20,22-23,28-31,33-34,36-37,39-40,43,46,52,55,57,60,66-67H,7-9,12,15-18,21,24-27,32,35,38,41-42,44-45,47-51,53-54,56,58-59,61-65H2,1-6H3,(H-,70,72,74,75)/b13-10-,14-11+,22-19-,23-20+,30-28-,31-29+,34-33-,37-36-,40-39-,46-43+,55-52+,60-57-. The van der Waals surface area contributed by atoms with Gasteiger partial charge in [0.2, 0.25) is 5.91 Å². The summed E-state index contributed by atoms with van der Waals surface area (Å²) in [6.45, 7) is 6.52. The van der Waals surface area contributed by atoms with Crippen LogP contribution in [0.4, 0.5) is 0 Å². The van der Waals surface area contributed by atoms with Crippen molar-refractivity contribution >= 4 is 19.7 Å². The lowest BCUT2D eigenvalue weighted by atomic mass is 10.1. The lowest BCUT2D eigenvalue weighted by Crippen LogP contribution is -2.47. The van der Waals surface area contributed by atoms with Gasteiger partial charge in [-0.3, -0.25) is 14.2 Å². The van der Waals surface area contributed by atoms with E-state index in [-0.39, 0.29) is 31.3 Å². The summed E-state index contributed by atoms with van der Waals surface area (Å²) in [5.41, 5.74) is 0. The van der Waals surface area contributed by atoms with Crippen LogP contribution in [-0.4, -0.2) is 69.4 Å². The minimum atomic E-state index is -4.73. The number of hydrogen-bond donors (Lipinski definition) is 1. The largest absolute Gasteiger partial charge is 0.756 e. The van der Waals surface area contributed by atoms with Gasteiger partial charge >= 0.3 is 5.97 Å². The van der Waals surface area contributed by atoms with Gasteiger partial charge in [0.15, 0.2) is 0 Å². The first-order valence-corrected chi connectivity index (χ1v) is 32.6. The second-order valence-electron chi connectivity index (χ2n) is 21.4. The van der Waals surface area contributed by atoms with Crippen molar-refractivity contribution in [2.45, 2.75) is 238 Å². The molecule has 0 radical (unpaired) electrons. The molecule has 0 rings (SSSR count). The van der Waals surface area contributed by atoms with Crippen LogP contribution in [0.3, 0.4) is 0 Å². The van der Waals surface area contributed by atoms with Crippen LogP contribution in [0.5, 0.6) is 0 Å². The molecule has 0 saturated carbocycles. The smallest absolute Gasteiger partial charge is 0.306 e. The molecule has 0 bridgehead atoms. The number of hydrogen-bond acceptors (Lipinski definition) is 7. The third-order valence-corrected chi connectivity index (χ3v) is 13.7.